The predicted octanol–water partition coefficient (Wildman–Crippen LogP) is 2.24. The van der Waals surface area contributed by atoms with Crippen molar-refractivity contribution in [2.45, 2.75) is 31.2 Å². The van der Waals surface area contributed by atoms with Crippen molar-refractivity contribution in [3.05, 3.63) is 23.9 Å². The number of nitrogens with zero attached hydrogens (tertiary/aromatic N) is 3. The van der Waals surface area contributed by atoms with Gasteiger partial charge >= 0.3 is 0 Å². The summed E-state index contributed by atoms with van der Waals surface area (Å²) in [4.78, 5) is 6.58. The maximum atomic E-state index is 8.87. The minimum absolute atomic E-state index is 0.240. The Labute approximate surface area is 109 Å². The quantitative estimate of drug-likeness (QED) is 0.882. The van der Waals surface area contributed by atoms with Gasteiger partial charge in [-0.1, -0.05) is 12.8 Å². The number of likely N-dealkylation sites (N-methyl/N-ethyl adjacent to an activating group) is 1. The number of nitrogens with one attached hydrogen (secondary N) is 1. The average Bonchev–Trinajstić information content (AvgIpc) is 2.87. The Morgan fingerprint density at radius 1 is 1.44 bits per heavy atom. The van der Waals surface area contributed by atoms with Crippen molar-refractivity contribution in [3.63, 3.8) is 0 Å². The molecule has 18 heavy (non-hydrogen) atoms. The minimum Gasteiger partial charge on any atom is -0.368 e. The smallest absolute Gasteiger partial charge is 0.127 e. The van der Waals surface area contributed by atoms with Crippen LogP contribution in [-0.4, -0.2) is 36.1 Å². The zero-order valence-corrected chi connectivity index (χ0v) is 11.1. The average molecular weight is 244 g/mol. The summed E-state index contributed by atoms with van der Waals surface area (Å²) in [6.07, 6.45) is 6.73. The molecule has 1 aromatic heterocycles. The lowest BCUT2D eigenvalue weighted by atomic mass is 9.96. The van der Waals surface area contributed by atoms with Crippen LogP contribution in [0.2, 0.25) is 0 Å². The van der Waals surface area contributed by atoms with Crippen LogP contribution < -0.4 is 5.32 Å². The van der Waals surface area contributed by atoms with Crippen molar-refractivity contribution < 1.29 is 0 Å². The molecule has 1 heterocycles. The fourth-order valence-corrected chi connectivity index (χ4v) is 2.67. The van der Waals surface area contributed by atoms with Gasteiger partial charge in [0.2, 0.25) is 0 Å². The van der Waals surface area contributed by atoms with Crippen molar-refractivity contribution in [1.82, 2.24) is 9.88 Å². The molecule has 1 N–H and O–H groups in total. The van der Waals surface area contributed by atoms with E-state index in [0.29, 0.717) is 5.56 Å². The number of anilines is 1. The third-order valence-electron chi connectivity index (χ3n) is 3.97. The molecule has 0 aromatic carbocycles. The normalized spacial score (nSPS) is 17.7. The van der Waals surface area contributed by atoms with Gasteiger partial charge in [0.25, 0.3) is 0 Å². The molecule has 2 rings (SSSR count). The van der Waals surface area contributed by atoms with E-state index >= 15 is 0 Å². The van der Waals surface area contributed by atoms with E-state index in [9.17, 15) is 0 Å². The highest BCUT2D eigenvalue weighted by atomic mass is 15.2. The first-order valence-electron chi connectivity index (χ1n) is 6.44. The van der Waals surface area contributed by atoms with Gasteiger partial charge in [-0.25, -0.2) is 4.98 Å². The summed E-state index contributed by atoms with van der Waals surface area (Å²) < 4.78 is 0. The molecule has 0 saturated heterocycles. The maximum absolute atomic E-state index is 8.87. The first-order valence-corrected chi connectivity index (χ1v) is 6.44. The molecule has 0 atom stereocenters. The summed E-state index contributed by atoms with van der Waals surface area (Å²) in [6.45, 7) is 0.891. The van der Waals surface area contributed by atoms with Crippen molar-refractivity contribution in [2.24, 2.45) is 0 Å². The standard InChI is InChI=1S/C14H20N4/c1-18(2)14(6-3-4-7-14)11-17-13-9-12(10-15)5-8-16-13/h5,8-9H,3-4,6-7,11H2,1-2H3,(H,16,17). The number of pyridine rings is 1. The van der Waals surface area contributed by atoms with E-state index in [1.54, 1.807) is 18.3 Å². The highest BCUT2D eigenvalue weighted by molar-refractivity contribution is 5.42. The Morgan fingerprint density at radius 2 is 2.17 bits per heavy atom. The molecule has 4 heteroatoms. The van der Waals surface area contributed by atoms with E-state index in [0.717, 1.165) is 12.4 Å². The van der Waals surface area contributed by atoms with Crippen molar-refractivity contribution >= 4 is 5.82 Å². The molecule has 0 spiro atoms. The summed E-state index contributed by atoms with van der Waals surface area (Å²) in [5.41, 5.74) is 0.891. The van der Waals surface area contributed by atoms with Gasteiger partial charge in [-0.2, -0.15) is 5.26 Å². The summed E-state index contributed by atoms with van der Waals surface area (Å²) in [7, 11) is 4.29. The Balaban J connectivity index is 2.04. The molecule has 1 aromatic rings. The van der Waals surface area contributed by atoms with Gasteiger partial charge in [0.15, 0.2) is 0 Å². The lowest BCUT2D eigenvalue weighted by Gasteiger charge is -2.36. The second-order valence-electron chi connectivity index (χ2n) is 5.22. The van der Waals surface area contributed by atoms with Gasteiger partial charge in [-0.05, 0) is 39.1 Å². The van der Waals surface area contributed by atoms with Crippen LogP contribution in [0.4, 0.5) is 5.82 Å². The SMILES string of the molecule is CN(C)C1(CNc2cc(C#N)ccn2)CCCC1. The zero-order chi connectivity index (χ0) is 13.0. The number of nitriles is 1. The first kappa shape index (κ1) is 12.8. The molecule has 96 valence electrons. The Bertz CT molecular complexity index is 441. The van der Waals surface area contributed by atoms with Crippen LogP contribution in [-0.2, 0) is 0 Å². The predicted molar refractivity (Wildman–Crippen MR) is 72.3 cm³/mol. The van der Waals surface area contributed by atoms with Crippen molar-refractivity contribution in [3.8, 4) is 6.07 Å². The molecule has 1 aliphatic rings. The highest BCUT2D eigenvalue weighted by Gasteiger charge is 2.35. The number of rotatable bonds is 4. The summed E-state index contributed by atoms with van der Waals surface area (Å²) >= 11 is 0. The third-order valence-corrected chi connectivity index (χ3v) is 3.97. The molecule has 1 fully saturated rings. The van der Waals surface area contributed by atoms with Gasteiger partial charge in [-0.3, -0.25) is 0 Å². The maximum Gasteiger partial charge on any atom is 0.127 e. The van der Waals surface area contributed by atoms with Crippen LogP contribution in [0, 0.1) is 11.3 Å². The topological polar surface area (TPSA) is 52.0 Å². The van der Waals surface area contributed by atoms with Gasteiger partial charge in [0, 0.05) is 18.3 Å². The molecule has 0 radical (unpaired) electrons. The second kappa shape index (κ2) is 5.36. The van der Waals surface area contributed by atoms with E-state index in [1.807, 2.05) is 0 Å². The number of aromatic nitrogens is 1. The largest absolute Gasteiger partial charge is 0.368 e. The number of hydrogen-bond acceptors (Lipinski definition) is 4. The molecule has 1 saturated carbocycles. The molecule has 0 bridgehead atoms. The van der Waals surface area contributed by atoms with Crippen LogP contribution in [0.5, 0.6) is 0 Å². The molecular weight excluding hydrogens is 224 g/mol. The van der Waals surface area contributed by atoms with Gasteiger partial charge in [-0.15, -0.1) is 0 Å². The highest BCUT2D eigenvalue weighted by Crippen LogP contribution is 2.33. The van der Waals surface area contributed by atoms with Gasteiger partial charge < -0.3 is 10.2 Å². The van der Waals surface area contributed by atoms with E-state index in [1.165, 1.54) is 25.7 Å². The molecular formula is C14H20N4. The fourth-order valence-electron chi connectivity index (χ4n) is 2.67. The van der Waals surface area contributed by atoms with Gasteiger partial charge in [0.05, 0.1) is 11.6 Å². The first-order chi connectivity index (χ1) is 8.66. The molecule has 0 aliphatic heterocycles. The lowest BCUT2D eigenvalue weighted by Crippen LogP contribution is -2.47. The van der Waals surface area contributed by atoms with Crippen molar-refractivity contribution in [1.29, 1.82) is 5.26 Å². The van der Waals surface area contributed by atoms with E-state index in [4.69, 9.17) is 5.26 Å². The van der Waals surface area contributed by atoms with Crippen LogP contribution in [0.1, 0.15) is 31.2 Å². The Kier molecular flexibility index (Phi) is 3.83. The monoisotopic (exact) mass is 244 g/mol. The van der Waals surface area contributed by atoms with Crippen molar-refractivity contribution in [2.75, 3.05) is 26.0 Å². The van der Waals surface area contributed by atoms with E-state index in [2.05, 4.69) is 35.4 Å². The summed E-state index contributed by atoms with van der Waals surface area (Å²) in [5, 5.41) is 12.2. The fraction of sp³-hybridized carbons (Fsp3) is 0.571. The Morgan fingerprint density at radius 3 is 2.78 bits per heavy atom. The van der Waals surface area contributed by atoms with Crippen LogP contribution >= 0.6 is 0 Å². The van der Waals surface area contributed by atoms with Crippen LogP contribution in [0.15, 0.2) is 18.3 Å². The molecule has 1 aliphatic carbocycles. The van der Waals surface area contributed by atoms with E-state index in [-0.39, 0.29) is 5.54 Å². The Hall–Kier alpha value is -1.60. The minimum atomic E-state index is 0.240. The molecule has 0 unspecified atom stereocenters. The summed E-state index contributed by atoms with van der Waals surface area (Å²) in [6, 6.07) is 5.67. The van der Waals surface area contributed by atoms with E-state index < -0.39 is 0 Å². The molecule has 0 amide bonds. The summed E-state index contributed by atoms with van der Waals surface area (Å²) in [5.74, 6) is 0.794. The van der Waals surface area contributed by atoms with Crippen LogP contribution in [0.3, 0.4) is 0 Å². The van der Waals surface area contributed by atoms with Crippen LogP contribution in [0.25, 0.3) is 0 Å². The van der Waals surface area contributed by atoms with Gasteiger partial charge in [0.1, 0.15) is 5.82 Å². The second-order valence-corrected chi connectivity index (χ2v) is 5.22. The number of hydrogen-bond donors (Lipinski definition) is 1. The lowest BCUT2D eigenvalue weighted by molar-refractivity contribution is 0.172. The zero-order valence-electron chi connectivity index (χ0n) is 11.1. The third kappa shape index (κ3) is 2.62. The molecule has 4 nitrogen and oxygen atoms in total.